The Balaban J connectivity index is 2.32. The summed E-state index contributed by atoms with van der Waals surface area (Å²) in [7, 11) is -2.54. The standard InChI is InChI=1S/C15H19NO6S/c1-10-8-11(15(19)22-2)5-6-13(10)23(20,21)16-7-3-4-12(9-16)14(17)18/h5-6,8,12H,3-4,7,9H2,1-2H3,(H,17,18). The number of sulfonamides is 1. The molecule has 7 nitrogen and oxygen atoms in total. The maximum Gasteiger partial charge on any atom is 0.337 e. The Morgan fingerprint density at radius 1 is 1.35 bits per heavy atom. The SMILES string of the molecule is COC(=O)c1ccc(S(=O)(=O)N2CCCC(C(=O)O)C2)c(C)c1. The summed E-state index contributed by atoms with van der Waals surface area (Å²) < 4.78 is 31.3. The zero-order valence-corrected chi connectivity index (χ0v) is 13.8. The molecule has 1 N–H and O–H groups in total. The quantitative estimate of drug-likeness (QED) is 0.828. The molecule has 1 aliphatic rings. The van der Waals surface area contributed by atoms with Crippen LogP contribution < -0.4 is 0 Å². The Hall–Kier alpha value is -1.93. The van der Waals surface area contributed by atoms with Crippen LogP contribution in [-0.2, 0) is 19.6 Å². The third-order valence-corrected chi connectivity index (χ3v) is 5.97. The molecule has 1 heterocycles. The van der Waals surface area contributed by atoms with E-state index >= 15 is 0 Å². The summed E-state index contributed by atoms with van der Waals surface area (Å²) in [4.78, 5) is 22.7. The summed E-state index contributed by atoms with van der Waals surface area (Å²) in [6, 6.07) is 4.21. The minimum Gasteiger partial charge on any atom is -0.481 e. The molecular weight excluding hydrogens is 322 g/mol. The topological polar surface area (TPSA) is 101 Å². The molecule has 0 amide bonds. The fourth-order valence-electron chi connectivity index (χ4n) is 2.69. The lowest BCUT2D eigenvalue weighted by Gasteiger charge is -2.30. The number of piperidine rings is 1. The maximum atomic E-state index is 12.7. The highest BCUT2D eigenvalue weighted by atomic mass is 32.2. The van der Waals surface area contributed by atoms with Gasteiger partial charge < -0.3 is 9.84 Å². The third kappa shape index (κ3) is 3.53. The molecule has 1 aromatic rings. The first-order valence-corrected chi connectivity index (χ1v) is 8.63. The zero-order chi connectivity index (χ0) is 17.2. The predicted octanol–water partition coefficient (Wildman–Crippen LogP) is 1.27. The van der Waals surface area contributed by atoms with Gasteiger partial charge in [-0.2, -0.15) is 4.31 Å². The number of hydrogen-bond donors (Lipinski definition) is 1. The lowest BCUT2D eigenvalue weighted by atomic mass is 10.0. The number of ether oxygens (including phenoxy) is 1. The minimum absolute atomic E-state index is 0.0319. The molecule has 1 fully saturated rings. The number of methoxy groups -OCH3 is 1. The Bertz CT molecular complexity index is 727. The monoisotopic (exact) mass is 341 g/mol. The number of benzene rings is 1. The van der Waals surface area contributed by atoms with Gasteiger partial charge in [0.1, 0.15) is 0 Å². The molecule has 23 heavy (non-hydrogen) atoms. The van der Waals surface area contributed by atoms with Gasteiger partial charge in [0.25, 0.3) is 0 Å². The largest absolute Gasteiger partial charge is 0.481 e. The summed E-state index contributed by atoms with van der Waals surface area (Å²) >= 11 is 0. The van der Waals surface area contributed by atoms with Crippen LogP contribution in [0.15, 0.2) is 23.1 Å². The number of aliphatic carboxylic acids is 1. The fourth-order valence-corrected chi connectivity index (χ4v) is 4.41. The molecule has 1 saturated heterocycles. The van der Waals surface area contributed by atoms with Crippen molar-refractivity contribution in [1.29, 1.82) is 0 Å². The summed E-state index contributed by atoms with van der Waals surface area (Å²) in [6.07, 6.45) is 0.983. The molecule has 1 aromatic carbocycles. The van der Waals surface area contributed by atoms with Crippen LogP contribution in [0.4, 0.5) is 0 Å². The van der Waals surface area contributed by atoms with Crippen LogP contribution in [0.5, 0.6) is 0 Å². The Morgan fingerprint density at radius 3 is 2.61 bits per heavy atom. The summed E-state index contributed by atoms with van der Waals surface area (Å²) in [6.45, 7) is 1.86. The molecule has 8 heteroatoms. The van der Waals surface area contributed by atoms with E-state index in [2.05, 4.69) is 4.74 Å². The highest BCUT2D eigenvalue weighted by Crippen LogP contribution is 2.26. The number of carbonyl (C=O) groups is 2. The maximum absolute atomic E-state index is 12.7. The van der Waals surface area contributed by atoms with Crippen molar-refractivity contribution in [2.24, 2.45) is 5.92 Å². The van der Waals surface area contributed by atoms with Crippen LogP contribution in [0.25, 0.3) is 0 Å². The number of carboxylic acid groups (broad SMARTS) is 1. The second kappa shape index (κ2) is 6.67. The Labute approximate surface area is 134 Å². The number of nitrogens with zero attached hydrogens (tertiary/aromatic N) is 1. The third-order valence-electron chi connectivity index (χ3n) is 3.95. The van der Waals surface area contributed by atoms with Crippen molar-refractivity contribution in [2.75, 3.05) is 20.2 Å². The zero-order valence-electron chi connectivity index (χ0n) is 13.0. The second-order valence-corrected chi connectivity index (χ2v) is 7.42. The van der Waals surface area contributed by atoms with Gasteiger partial charge in [-0.15, -0.1) is 0 Å². The van der Waals surface area contributed by atoms with Gasteiger partial charge in [-0.25, -0.2) is 13.2 Å². The number of hydrogen-bond acceptors (Lipinski definition) is 5. The van der Waals surface area contributed by atoms with Crippen LogP contribution in [0.1, 0.15) is 28.8 Å². The molecule has 2 rings (SSSR count). The fraction of sp³-hybridized carbons (Fsp3) is 0.467. The van der Waals surface area contributed by atoms with Crippen molar-refractivity contribution in [2.45, 2.75) is 24.7 Å². The highest BCUT2D eigenvalue weighted by molar-refractivity contribution is 7.89. The first-order valence-electron chi connectivity index (χ1n) is 7.19. The van der Waals surface area contributed by atoms with Crippen molar-refractivity contribution < 1.29 is 27.9 Å². The van der Waals surface area contributed by atoms with Gasteiger partial charge in [0.15, 0.2) is 0 Å². The van der Waals surface area contributed by atoms with Crippen molar-refractivity contribution >= 4 is 22.0 Å². The van der Waals surface area contributed by atoms with E-state index in [4.69, 9.17) is 5.11 Å². The molecule has 0 aromatic heterocycles. The molecule has 126 valence electrons. The van der Waals surface area contributed by atoms with E-state index in [-0.39, 0.29) is 17.0 Å². The molecule has 1 aliphatic heterocycles. The molecule has 0 spiro atoms. The van der Waals surface area contributed by atoms with E-state index in [1.54, 1.807) is 6.92 Å². The Morgan fingerprint density at radius 2 is 2.04 bits per heavy atom. The van der Waals surface area contributed by atoms with Crippen LogP contribution in [-0.4, -0.2) is 50.0 Å². The average Bonchev–Trinajstić information content (AvgIpc) is 2.53. The van der Waals surface area contributed by atoms with E-state index in [9.17, 15) is 18.0 Å². The van der Waals surface area contributed by atoms with E-state index < -0.39 is 27.9 Å². The van der Waals surface area contributed by atoms with Crippen LogP contribution >= 0.6 is 0 Å². The number of carbonyl (C=O) groups excluding carboxylic acids is 1. The van der Waals surface area contributed by atoms with Gasteiger partial charge in [0.2, 0.25) is 10.0 Å². The normalized spacial score (nSPS) is 19.3. The van der Waals surface area contributed by atoms with Gasteiger partial charge in [-0.05, 0) is 43.5 Å². The molecule has 0 saturated carbocycles. The number of esters is 1. The molecular formula is C15H19NO6S. The molecule has 1 atom stereocenters. The van der Waals surface area contributed by atoms with Gasteiger partial charge in [-0.3, -0.25) is 4.79 Å². The Kier molecular flexibility index (Phi) is 5.06. The molecule has 0 bridgehead atoms. The first-order chi connectivity index (χ1) is 10.8. The lowest BCUT2D eigenvalue weighted by molar-refractivity contribution is -0.142. The van der Waals surface area contributed by atoms with E-state index in [0.29, 0.717) is 24.9 Å². The van der Waals surface area contributed by atoms with Crippen LogP contribution in [0.2, 0.25) is 0 Å². The van der Waals surface area contributed by atoms with Crippen molar-refractivity contribution in [1.82, 2.24) is 4.31 Å². The van der Waals surface area contributed by atoms with Gasteiger partial charge in [0, 0.05) is 13.1 Å². The molecule has 1 unspecified atom stereocenters. The highest BCUT2D eigenvalue weighted by Gasteiger charge is 2.34. The van der Waals surface area contributed by atoms with Crippen molar-refractivity contribution in [3.05, 3.63) is 29.3 Å². The van der Waals surface area contributed by atoms with Crippen LogP contribution in [0, 0.1) is 12.8 Å². The van der Waals surface area contributed by atoms with E-state index in [1.807, 2.05) is 0 Å². The lowest BCUT2D eigenvalue weighted by Crippen LogP contribution is -2.42. The average molecular weight is 341 g/mol. The number of carboxylic acids is 1. The summed E-state index contributed by atoms with van der Waals surface area (Å²) in [5, 5.41) is 9.10. The first kappa shape index (κ1) is 17.4. The molecule has 0 aliphatic carbocycles. The summed E-state index contributed by atoms with van der Waals surface area (Å²) in [5.74, 6) is -2.21. The molecule has 0 radical (unpaired) electrons. The van der Waals surface area contributed by atoms with E-state index in [0.717, 1.165) is 0 Å². The van der Waals surface area contributed by atoms with Gasteiger partial charge in [0.05, 0.1) is 23.5 Å². The number of aryl methyl sites for hydroxylation is 1. The van der Waals surface area contributed by atoms with Crippen molar-refractivity contribution in [3.8, 4) is 0 Å². The van der Waals surface area contributed by atoms with Gasteiger partial charge in [-0.1, -0.05) is 0 Å². The predicted molar refractivity (Wildman–Crippen MR) is 81.6 cm³/mol. The van der Waals surface area contributed by atoms with Crippen LogP contribution in [0.3, 0.4) is 0 Å². The second-order valence-electron chi connectivity index (χ2n) is 5.51. The van der Waals surface area contributed by atoms with E-state index in [1.165, 1.54) is 29.6 Å². The number of rotatable bonds is 4. The van der Waals surface area contributed by atoms with Crippen molar-refractivity contribution in [3.63, 3.8) is 0 Å². The minimum atomic E-state index is -3.79. The summed E-state index contributed by atoms with van der Waals surface area (Å²) in [5.41, 5.74) is 0.691. The smallest absolute Gasteiger partial charge is 0.337 e. The van der Waals surface area contributed by atoms with Gasteiger partial charge >= 0.3 is 11.9 Å².